The Morgan fingerprint density at radius 3 is 2.38 bits per heavy atom. The molecule has 0 saturated carbocycles. The fourth-order valence-electron chi connectivity index (χ4n) is 0.399. The van der Waals surface area contributed by atoms with Gasteiger partial charge in [-0.2, -0.15) is 0 Å². The monoisotopic (exact) mass is 127 g/mol. The number of pyridine rings is 1. The zero-order chi connectivity index (χ0) is 5.82. The van der Waals surface area contributed by atoms with Gasteiger partial charge >= 0.3 is 0 Å². The number of hydrogen-bond donors (Lipinski definition) is 1. The van der Waals surface area contributed by atoms with E-state index in [0.29, 0.717) is 0 Å². The molecule has 1 N–H and O–H groups in total. The maximum Gasteiger partial charge on any atom is 0.0381 e. The molecule has 0 unspecified atom stereocenters. The molecule has 8 heavy (non-hydrogen) atoms. The Morgan fingerprint density at radius 2 is 2.00 bits per heavy atom. The van der Waals surface area contributed by atoms with Gasteiger partial charge in [0, 0.05) is 29.3 Å². The second kappa shape index (κ2) is 2.69. The van der Waals surface area contributed by atoms with Crippen molar-refractivity contribution in [1.29, 1.82) is 0 Å². The molecule has 42 valence electrons. The number of nitrogens with zero attached hydrogens (tertiary/aromatic N) is 1. The summed E-state index contributed by atoms with van der Waals surface area (Å²) in [5.41, 5.74) is 0. The summed E-state index contributed by atoms with van der Waals surface area (Å²) in [4.78, 5) is 4.59. The first-order chi connectivity index (χ1) is 3.93. The summed E-state index contributed by atoms with van der Waals surface area (Å²) >= 11 is 0.729. The van der Waals surface area contributed by atoms with Crippen molar-refractivity contribution in [3.63, 3.8) is 0 Å². The van der Waals surface area contributed by atoms with Gasteiger partial charge < -0.3 is 4.55 Å². The Morgan fingerprint density at radius 1 is 1.38 bits per heavy atom. The van der Waals surface area contributed by atoms with Gasteiger partial charge in [-0.3, -0.25) is 4.98 Å². The molecule has 0 aromatic carbocycles. The van der Waals surface area contributed by atoms with Crippen molar-refractivity contribution in [2.24, 2.45) is 0 Å². The largest absolute Gasteiger partial charge is 0.325 e. The van der Waals surface area contributed by atoms with Gasteiger partial charge in [-0.25, -0.2) is 0 Å². The molecule has 1 aromatic heterocycles. The molecule has 0 atom stereocenters. The summed E-state index contributed by atoms with van der Waals surface area (Å²) < 4.78 is 8.43. The first-order valence-electron chi connectivity index (χ1n) is 2.15. The minimum Gasteiger partial charge on any atom is -0.325 e. The third-order valence-corrected chi connectivity index (χ3v) is 1.24. The molecule has 2 nitrogen and oxygen atoms in total. The smallest absolute Gasteiger partial charge is 0.0381 e. The van der Waals surface area contributed by atoms with E-state index < -0.39 is 0 Å². The van der Waals surface area contributed by atoms with E-state index >= 15 is 0 Å². The van der Waals surface area contributed by atoms with Crippen LogP contribution in [0.1, 0.15) is 0 Å². The lowest BCUT2D eigenvalue weighted by Gasteiger charge is -1.87. The predicted molar refractivity (Wildman–Crippen MR) is 32.7 cm³/mol. The lowest BCUT2D eigenvalue weighted by Crippen LogP contribution is -1.68. The summed E-state index contributed by atoms with van der Waals surface area (Å²) in [6, 6.07) is 3.48. The average molecular weight is 127 g/mol. The van der Waals surface area contributed by atoms with Gasteiger partial charge in [0.25, 0.3) is 0 Å². The summed E-state index contributed by atoms with van der Waals surface area (Å²) in [6.07, 6.45) is 3.27. The van der Waals surface area contributed by atoms with Crippen molar-refractivity contribution in [1.82, 2.24) is 4.98 Å². The van der Waals surface area contributed by atoms with E-state index in [1.54, 1.807) is 24.5 Å². The van der Waals surface area contributed by atoms with E-state index in [1.165, 1.54) is 0 Å². The van der Waals surface area contributed by atoms with Crippen LogP contribution in [0.2, 0.25) is 0 Å². The second-order valence-electron chi connectivity index (χ2n) is 1.27. The molecular formula is C5H5NOS. The van der Waals surface area contributed by atoms with E-state index in [1.807, 2.05) is 0 Å². The molecular weight excluding hydrogens is 122 g/mol. The van der Waals surface area contributed by atoms with Gasteiger partial charge in [0.1, 0.15) is 0 Å². The van der Waals surface area contributed by atoms with Crippen molar-refractivity contribution in [2.75, 3.05) is 0 Å². The van der Waals surface area contributed by atoms with Crippen LogP contribution < -0.4 is 0 Å². The molecule has 0 aliphatic rings. The van der Waals surface area contributed by atoms with Gasteiger partial charge in [-0.15, -0.1) is 0 Å². The zero-order valence-corrected chi connectivity index (χ0v) is 4.93. The highest BCUT2D eigenvalue weighted by Crippen LogP contribution is 2.09. The van der Waals surface area contributed by atoms with E-state index in [4.69, 9.17) is 4.55 Å². The summed E-state index contributed by atoms with van der Waals surface area (Å²) in [6.45, 7) is 0. The Bertz CT molecular complexity index is 154. The maximum absolute atomic E-state index is 8.43. The molecule has 0 amide bonds. The molecule has 0 bridgehead atoms. The van der Waals surface area contributed by atoms with Crippen molar-refractivity contribution in [2.45, 2.75) is 4.90 Å². The van der Waals surface area contributed by atoms with Crippen LogP contribution in [0.5, 0.6) is 0 Å². The quantitative estimate of drug-likeness (QED) is 0.582. The minimum atomic E-state index is 0.729. The first kappa shape index (κ1) is 5.59. The van der Waals surface area contributed by atoms with E-state index in [2.05, 4.69) is 4.98 Å². The first-order valence-corrected chi connectivity index (χ1v) is 2.92. The van der Waals surface area contributed by atoms with Crippen LogP contribution in [0.25, 0.3) is 0 Å². The van der Waals surface area contributed by atoms with E-state index in [0.717, 1.165) is 16.9 Å². The number of aromatic nitrogens is 1. The van der Waals surface area contributed by atoms with Crippen LogP contribution in [-0.4, -0.2) is 9.54 Å². The third kappa shape index (κ3) is 1.21. The fourth-order valence-corrected chi connectivity index (χ4v) is 0.643. The Balaban J connectivity index is 2.83. The van der Waals surface area contributed by atoms with Crippen molar-refractivity contribution >= 4 is 12.0 Å². The third-order valence-electron chi connectivity index (χ3n) is 0.755. The van der Waals surface area contributed by atoms with Gasteiger partial charge in [0.05, 0.1) is 0 Å². The lowest BCUT2D eigenvalue weighted by atomic mass is 10.5. The molecule has 0 aliphatic carbocycles. The zero-order valence-electron chi connectivity index (χ0n) is 4.11. The molecule has 0 spiro atoms. The van der Waals surface area contributed by atoms with Crippen LogP contribution in [-0.2, 0) is 0 Å². The highest BCUT2D eigenvalue weighted by Gasteiger charge is 1.83. The lowest BCUT2D eigenvalue weighted by molar-refractivity contribution is 0.663. The van der Waals surface area contributed by atoms with Crippen LogP contribution in [0, 0.1) is 0 Å². The van der Waals surface area contributed by atoms with Crippen molar-refractivity contribution in [3.05, 3.63) is 24.5 Å². The predicted octanol–water partition coefficient (Wildman–Crippen LogP) is 1.65. The second-order valence-corrected chi connectivity index (χ2v) is 1.93. The van der Waals surface area contributed by atoms with E-state index in [-0.39, 0.29) is 0 Å². The highest BCUT2D eigenvalue weighted by atomic mass is 32.2. The highest BCUT2D eigenvalue weighted by molar-refractivity contribution is 7.93. The minimum absolute atomic E-state index is 0.729. The number of hydrogen-bond acceptors (Lipinski definition) is 3. The fraction of sp³-hybridized carbons (Fsp3) is 0. The molecule has 0 saturated heterocycles. The normalized spacial score (nSPS) is 9.12. The Hall–Kier alpha value is -0.540. The van der Waals surface area contributed by atoms with Crippen LogP contribution in [0.4, 0.5) is 0 Å². The van der Waals surface area contributed by atoms with Crippen LogP contribution in [0.3, 0.4) is 0 Å². The van der Waals surface area contributed by atoms with Gasteiger partial charge in [0.2, 0.25) is 0 Å². The van der Waals surface area contributed by atoms with Gasteiger partial charge in [0.15, 0.2) is 0 Å². The molecule has 1 rings (SSSR count). The van der Waals surface area contributed by atoms with Gasteiger partial charge in [-0.05, 0) is 12.1 Å². The molecule has 0 fully saturated rings. The Labute approximate surface area is 51.8 Å². The molecule has 0 aliphatic heterocycles. The maximum atomic E-state index is 8.43. The topological polar surface area (TPSA) is 33.1 Å². The average Bonchev–Trinajstić information content (AvgIpc) is 1.90. The van der Waals surface area contributed by atoms with Crippen molar-refractivity contribution < 1.29 is 4.55 Å². The summed E-state index contributed by atoms with van der Waals surface area (Å²) in [5, 5.41) is 0. The van der Waals surface area contributed by atoms with Crippen LogP contribution >= 0.6 is 12.0 Å². The summed E-state index contributed by atoms with van der Waals surface area (Å²) in [5.74, 6) is 0. The summed E-state index contributed by atoms with van der Waals surface area (Å²) in [7, 11) is 0. The molecule has 0 radical (unpaired) electrons. The molecule has 1 heterocycles. The molecule has 3 heteroatoms. The van der Waals surface area contributed by atoms with Gasteiger partial charge in [-0.1, -0.05) is 0 Å². The van der Waals surface area contributed by atoms with Crippen molar-refractivity contribution in [3.8, 4) is 0 Å². The van der Waals surface area contributed by atoms with E-state index in [9.17, 15) is 0 Å². The standard InChI is InChI=1S/C5H5NOS/c7-8-5-1-3-6-4-2-5/h1-4,7H. The molecule has 1 aromatic rings. The number of rotatable bonds is 1. The SMILES string of the molecule is OSc1ccncc1. The van der Waals surface area contributed by atoms with Crippen LogP contribution in [0.15, 0.2) is 29.4 Å². The Kier molecular flexibility index (Phi) is 1.88.